The van der Waals surface area contributed by atoms with Gasteiger partial charge in [-0.3, -0.25) is 0 Å². The molecule has 0 spiro atoms. The fraction of sp³-hybridized carbons (Fsp3) is 0.333. The van der Waals surface area contributed by atoms with Gasteiger partial charge in [-0.2, -0.15) is 0 Å². The highest BCUT2D eigenvalue weighted by Gasteiger charge is 2.24. The Hall–Kier alpha value is 0.830. The quantitative estimate of drug-likeness (QED) is 0.523. The molecule has 0 radical (unpaired) electrons. The van der Waals surface area contributed by atoms with E-state index in [1.807, 2.05) is 0 Å². The summed E-state index contributed by atoms with van der Waals surface area (Å²) in [7, 11) is 0. The molecule has 0 N–H and O–H groups in total. The molecule has 0 nitrogen and oxygen atoms in total. The van der Waals surface area contributed by atoms with E-state index in [1.54, 1.807) is 0 Å². The van der Waals surface area contributed by atoms with Crippen LogP contribution in [0.4, 0.5) is 4.39 Å². The van der Waals surface area contributed by atoms with Crippen LogP contribution in [0.3, 0.4) is 0 Å². The maximum absolute atomic E-state index is 11.3. The van der Waals surface area contributed by atoms with Gasteiger partial charge in [-0.15, -0.1) is 0 Å². The summed E-state index contributed by atoms with van der Waals surface area (Å²) in [6, 6.07) is 0. The average molecular weight is 198 g/mol. The minimum absolute atomic E-state index is 0.0363. The molecule has 0 aliphatic rings. The Balaban J connectivity index is 4.03. The fourth-order valence-electron chi connectivity index (χ4n) is 0.0619. The van der Waals surface area contributed by atoms with Crippen LogP contribution in [0.25, 0.3) is 0 Å². The molecule has 0 aromatic rings. The molecule has 0 saturated carbocycles. The van der Waals surface area contributed by atoms with Crippen LogP contribution in [0.5, 0.6) is 0 Å². The van der Waals surface area contributed by atoms with Crippen LogP contribution in [0, 0.1) is 0 Å². The molecule has 0 saturated heterocycles. The molecular formula is C3HCl4F. The van der Waals surface area contributed by atoms with Crippen molar-refractivity contribution < 1.29 is 4.39 Å². The van der Waals surface area contributed by atoms with Gasteiger partial charge in [0.2, 0.25) is 3.79 Å². The minimum atomic E-state index is -1.82. The second kappa shape index (κ2) is 3.11. The molecular weight excluding hydrogens is 197 g/mol. The summed E-state index contributed by atoms with van der Waals surface area (Å²) >= 11 is 20.3. The van der Waals surface area contributed by atoms with E-state index in [2.05, 4.69) is 0 Å². The summed E-state index contributed by atoms with van der Waals surface area (Å²) in [5.41, 5.74) is 0. The third kappa shape index (κ3) is 2.98. The van der Waals surface area contributed by atoms with E-state index in [1.165, 1.54) is 0 Å². The Labute approximate surface area is 66.2 Å². The molecule has 0 heterocycles. The maximum atomic E-state index is 11.3. The molecule has 48 valence electrons. The highest BCUT2D eigenvalue weighted by Crippen LogP contribution is 2.36. The van der Waals surface area contributed by atoms with Gasteiger partial charge in [0.1, 0.15) is 6.33 Å². The SMILES string of the molecule is FC=C(Cl)C(Cl)(Cl)Cl. The zero-order valence-corrected chi connectivity index (χ0v) is 6.49. The highest BCUT2D eigenvalue weighted by molar-refractivity contribution is 6.72. The zero-order valence-electron chi connectivity index (χ0n) is 3.47. The van der Waals surface area contributed by atoms with Crippen molar-refractivity contribution in [3.8, 4) is 0 Å². The third-order valence-corrected chi connectivity index (χ3v) is 1.63. The molecule has 0 fully saturated rings. The molecule has 0 unspecified atom stereocenters. The molecule has 0 aromatic heterocycles. The zero-order chi connectivity index (χ0) is 6.78. The van der Waals surface area contributed by atoms with Crippen LogP contribution < -0.4 is 0 Å². The number of hydrogen-bond acceptors (Lipinski definition) is 0. The lowest BCUT2D eigenvalue weighted by atomic mass is 10.7. The topological polar surface area (TPSA) is 0 Å². The number of rotatable bonds is 0. The first-order valence-electron chi connectivity index (χ1n) is 1.51. The third-order valence-electron chi connectivity index (χ3n) is 0.367. The number of allylic oxidation sites excluding steroid dienone is 1. The molecule has 5 heteroatoms. The van der Waals surface area contributed by atoms with Gasteiger partial charge in [-0.25, -0.2) is 4.39 Å². The van der Waals surface area contributed by atoms with Gasteiger partial charge in [0.25, 0.3) is 0 Å². The molecule has 0 rings (SSSR count). The second-order valence-electron chi connectivity index (χ2n) is 0.955. The Morgan fingerprint density at radius 2 is 1.75 bits per heavy atom. The van der Waals surface area contributed by atoms with Gasteiger partial charge in [0.05, 0.1) is 5.03 Å². The lowest BCUT2D eigenvalue weighted by Crippen LogP contribution is -1.99. The Morgan fingerprint density at radius 3 is 1.75 bits per heavy atom. The van der Waals surface area contributed by atoms with Crippen molar-refractivity contribution in [2.24, 2.45) is 0 Å². The van der Waals surface area contributed by atoms with E-state index in [9.17, 15) is 4.39 Å². The Morgan fingerprint density at radius 1 is 1.38 bits per heavy atom. The number of hydrogen-bond donors (Lipinski definition) is 0. The minimum Gasteiger partial charge on any atom is -0.214 e. The summed E-state index contributed by atoms with van der Waals surface area (Å²) < 4.78 is 9.51. The van der Waals surface area contributed by atoms with E-state index < -0.39 is 8.82 Å². The first kappa shape index (κ1) is 8.83. The van der Waals surface area contributed by atoms with Gasteiger partial charge in [0.15, 0.2) is 0 Å². The highest BCUT2D eigenvalue weighted by atomic mass is 35.6. The predicted octanol–water partition coefficient (Wildman–Crippen LogP) is 3.41. The summed E-state index contributed by atoms with van der Waals surface area (Å²) in [5.74, 6) is 0. The Bertz CT molecular complexity index is 102. The molecule has 0 aromatic carbocycles. The van der Waals surface area contributed by atoms with Crippen molar-refractivity contribution in [1.29, 1.82) is 0 Å². The van der Waals surface area contributed by atoms with E-state index in [0.717, 1.165) is 0 Å². The second-order valence-corrected chi connectivity index (χ2v) is 3.64. The molecule has 0 aliphatic heterocycles. The van der Waals surface area contributed by atoms with Gasteiger partial charge in [0, 0.05) is 0 Å². The lowest BCUT2D eigenvalue weighted by molar-refractivity contribution is 0.714. The van der Waals surface area contributed by atoms with Gasteiger partial charge in [-0.1, -0.05) is 46.4 Å². The van der Waals surface area contributed by atoms with Crippen molar-refractivity contribution in [2.75, 3.05) is 0 Å². The largest absolute Gasteiger partial charge is 0.228 e. The van der Waals surface area contributed by atoms with Crippen LogP contribution >= 0.6 is 46.4 Å². The smallest absolute Gasteiger partial charge is 0.214 e. The average Bonchev–Trinajstić information content (AvgIpc) is 1.62. The van der Waals surface area contributed by atoms with Gasteiger partial charge in [-0.05, 0) is 0 Å². The predicted molar refractivity (Wildman–Crippen MR) is 35.3 cm³/mol. The molecule has 0 amide bonds. The fourth-order valence-corrected chi connectivity index (χ4v) is 0.186. The van der Waals surface area contributed by atoms with Crippen LogP contribution in [0.2, 0.25) is 0 Å². The standard InChI is InChI=1S/C3HCl4F/c4-2(1-8)3(5,6)7/h1H. The van der Waals surface area contributed by atoms with Crippen LogP contribution in [-0.4, -0.2) is 3.79 Å². The van der Waals surface area contributed by atoms with Gasteiger partial charge < -0.3 is 0 Å². The lowest BCUT2D eigenvalue weighted by Gasteiger charge is -2.05. The monoisotopic (exact) mass is 196 g/mol. The van der Waals surface area contributed by atoms with E-state index in [4.69, 9.17) is 46.4 Å². The van der Waals surface area contributed by atoms with Crippen molar-refractivity contribution in [1.82, 2.24) is 0 Å². The summed E-state index contributed by atoms with van der Waals surface area (Å²) in [6.07, 6.45) is 0.0363. The van der Waals surface area contributed by atoms with Gasteiger partial charge >= 0.3 is 0 Å². The Kier molecular flexibility index (Phi) is 3.44. The van der Waals surface area contributed by atoms with E-state index >= 15 is 0 Å². The maximum Gasteiger partial charge on any atom is 0.228 e. The first-order chi connectivity index (χ1) is 3.48. The van der Waals surface area contributed by atoms with Crippen molar-refractivity contribution in [3.63, 3.8) is 0 Å². The first-order valence-corrected chi connectivity index (χ1v) is 3.02. The molecule has 0 bridgehead atoms. The van der Waals surface area contributed by atoms with E-state index in [0.29, 0.717) is 0 Å². The summed E-state index contributed by atoms with van der Waals surface area (Å²) in [5, 5.41) is -0.442. The van der Waals surface area contributed by atoms with Crippen molar-refractivity contribution in [3.05, 3.63) is 11.4 Å². The van der Waals surface area contributed by atoms with Crippen molar-refractivity contribution in [2.45, 2.75) is 3.79 Å². The number of alkyl halides is 3. The number of halogens is 5. The molecule has 8 heavy (non-hydrogen) atoms. The molecule has 0 atom stereocenters. The van der Waals surface area contributed by atoms with E-state index in [-0.39, 0.29) is 6.33 Å². The van der Waals surface area contributed by atoms with Crippen molar-refractivity contribution >= 4 is 46.4 Å². The van der Waals surface area contributed by atoms with Crippen LogP contribution in [0.15, 0.2) is 11.4 Å². The normalized spacial score (nSPS) is 14.4. The van der Waals surface area contributed by atoms with Crippen LogP contribution in [-0.2, 0) is 0 Å². The summed E-state index contributed by atoms with van der Waals surface area (Å²) in [4.78, 5) is 0. The van der Waals surface area contributed by atoms with Crippen LogP contribution in [0.1, 0.15) is 0 Å². The summed E-state index contributed by atoms with van der Waals surface area (Å²) in [6.45, 7) is 0. The molecule has 0 aliphatic carbocycles.